The Morgan fingerprint density at radius 3 is 2.05 bits per heavy atom. The molecule has 0 aliphatic carbocycles. The van der Waals surface area contributed by atoms with Crippen LogP contribution in [0, 0.1) is 0 Å². The van der Waals surface area contributed by atoms with E-state index in [0.29, 0.717) is 19.7 Å². The minimum Gasteiger partial charge on any atom is -0.465 e. The van der Waals surface area contributed by atoms with E-state index in [4.69, 9.17) is 9.47 Å². The maximum Gasteiger partial charge on any atom is 0.320 e. The molecule has 0 rings (SSSR count). The van der Waals surface area contributed by atoms with Crippen molar-refractivity contribution in [2.24, 2.45) is 0 Å². The zero-order valence-electron chi connectivity index (χ0n) is 13.1. The van der Waals surface area contributed by atoms with Crippen LogP contribution in [-0.2, 0) is 19.1 Å². The fourth-order valence-corrected chi connectivity index (χ4v) is 1.32. The summed E-state index contributed by atoms with van der Waals surface area (Å²) in [5.74, 6) is -0.526. The standard InChI is InChI=1S/C14H28N2O4/c1-5-6-9-19-12(17)10-15-7-8-16-11-13(18)20-14(2,3)4/h15-16H,5-11H2,1-4H3. The molecule has 0 aromatic carbocycles. The highest BCUT2D eigenvalue weighted by Gasteiger charge is 2.15. The third-order valence-corrected chi connectivity index (χ3v) is 2.20. The second-order valence-electron chi connectivity index (χ2n) is 5.51. The smallest absolute Gasteiger partial charge is 0.320 e. The summed E-state index contributed by atoms with van der Waals surface area (Å²) in [4.78, 5) is 22.6. The zero-order valence-corrected chi connectivity index (χ0v) is 13.1. The Morgan fingerprint density at radius 1 is 1.00 bits per heavy atom. The summed E-state index contributed by atoms with van der Waals surface area (Å²) in [6.07, 6.45) is 1.90. The summed E-state index contributed by atoms with van der Waals surface area (Å²) in [5, 5.41) is 5.89. The Morgan fingerprint density at radius 2 is 1.55 bits per heavy atom. The van der Waals surface area contributed by atoms with E-state index in [1.54, 1.807) is 0 Å². The van der Waals surface area contributed by atoms with Crippen molar-refractivity contribution in [2.45, 2.75) is 46.1 Å². The molecule has 0 atom stereocenters. The van der Waals surface area contributed by atoms with Crippen molar-refractivity contribution in [3.63, 3.8) is 0 Å². The Labute approximate surface area is 121 Å². The third-order valence-electron chi connectivity index (χ3n) is 2.20. The van der Waals surface area contributed by atoms with Crippen LogP contribution in [-0.4, -0.2) is 50.3 Å². The largest absolute Gasteiger partial charge is 0.465 e. The molecule has 0 saturated carbocycles. The lowest BCUT2D eigenvalue weighted by atomic mass is 10.2. The minimum absolute atomic E-state index is 0.167. The Hall–Kier alpha value is -1.14. The van der Waals surface area contributed by atoms with E-state index in [-0.39, 0.29) is 25.0 Å². The lowest BCUT2D eigenvalue weighted by Crippen LogP contribution is -2.36. The van der Waals surface area contributed by atoms with E-state index in [0.717, 1.165) is 12.8 Å². The third kappa shape index (κ3) is 13.3. The first-order chi connectivity index (χ1) is 9.35. The Kier molecular flexibility index (Phi) is 10.0. The predicted octanol–water partition coefficient (Wildman–Crippen LogP) is 0.851. The van der Waals surface area contributed by atoms with Gasteiger partial charge in [-0.1, -0.05) is 13.3 Å². The SMILES string of the molecule is CCCCOC(=O)CNCCNCC(=O)OC(C)(C)C. The molecule has 0 aliphatic rings. The van der Waals surface area contributed by atoms with Gasteiger partial charge in [-0.25, -0.2) is 0 Å². The number of hydrogen-bond acceptors (Lipinski definition) is 6. The van der Waals surface area contributed by atoms with Crippen molar-refractivity contribution in [1.29, 1.82) is 0 Å². The first kappa shape index (κ1) is 18.9. The van der Waals surface area contributed by atoms with Crippen LogP contribution in [0.3, 0.4) is 0 Å². The molecule has 0 unspecified atom stereocenters. The van der Waals surface area contributed by atoms with Gasteiger partial charge in [0.1, 0.15) is 5.60 Å². The van der Waals surface area contributed by atoms with Gasteiger partial charge >= 0.3 is 11.9 Å². The van der Waals surface area contributed by atoms with Crippen LogP contribution in [0.15, 0.2) is 0 Å². The number of rotatable bonds is 10. The maximum atomic E-state index is 11.4. The van der Waals surface area contributed by atoms with Gasteiger partial charge in [0.25, 0.3) is 0 Å². The molecule has 20 heavy (non-hydrogen) atoms. The molecule has 0 aromatic heterocycles. The van der Waals surface area contributed by atoms with Gasteiger partial charge in [0.2, 0.25) is 0 Å². The van der Waals surface area contributed by atoms with Gasteiger partial charge in [-0.3, -0.25) is 9.59 Å². The molecular formula is C14H28N2O4. The molecule has 2 N–H and O–H groups in total. The second kappa shape index (κ2) is 10.6. The number of hydrogen-bond donors (Lipinski definition) is 2. The second-order valence-corrected chi connectivity index (χ2v) is 5.51. The summed E-state index contributed by atoms with van der Waals surface area (Å²) in [6, 6.07) is 0. The van der Waals surface area contributed by atoms with E-state index in [1.165, 1.54) is 0 Å². The fourth-order valence-electron chi connectivity index (χ4n) is 1.32. The predicted molar refractivity (Wildman–Crippen MR) is 77.5 cm³/mol. The molecule has 0 aliphatic heterocycles. The average molecular weight is 288 g/mol. The number of carbonyl (C=O) groups excluding carboxylic acids is 2. The lowest BCUT2D eigenvalue weighted by Gasteiger charge is -2.19. The Bertz CT molecular complexity index is 287. The summed E-state index contributed by atoms with van der Waals surface area (Å²) in [7, 11) is 0. The first-order valence-electron chi connectivity index (χ1n) is 7.14. The molecule has 0 bridgehead atoms. The highest BCUT2D eigenvalue weighted by atomic mass is 16.6. The van der Waals surface area contributed by atoms with Crippen LogP contribution in [0.2, 0.25) is 0 Å². The van der Waals surface area contributed by atoms with Gasteiger partial charge in [-0.05, 0) is 27.2 Å². The molecule has 0 amide bonds. The molecule has 118 valence electrons. The maximum absolute atomic E-state index is 11.4. The fraction of sp³-hybridized carbons (Fsp3) is 0.857. The molecule has 0 radical (unpaired) electrons. The van der Waals surface area contributed by atoms with Crippen molar-refractivity contribution in [2.75, 3.05) is 32.8 Å². The van der Waals surface area contributed by atoms with E-state index in [2.05, 4.69) is 10.6 Å². The van der Waals surface area contributed by atoms with Crippen molar-refractivity contribution in [3.8, 4) is 0 Å². The van der Waals surface area contributed by atoms with Crippen LogP contribution in [0.5, 0.6) is 0 Å². The highest BCUT2D eigenvalue weighted by Crippen LogP contribution is 2.05. The molecule has 0 aromatic rings. The van der Waals surface area contributed by atoms with Gasteiger partial charge < -0.3 is 20.1 Å². The molecule has 0 saturated heterocycles. The number of nitrogens with one attached hydrogen (secondary N) is 2. The number of ether oxygens (including phenoxy) is 2. The van der Waals surface area contributed by atoms with Crippen molar-refractivity contribution < 1.29 is 19.1 Å². The zero-order chi connectivity index (χ0) is 15.4. The molecular weight excluding hydrogens is 260 g/mol. The number of carbonyl (C=O) groups is 2. The van der Waals surface area contributed by atoms with Crippen LogP contribution in [0.25, 0.3) is 0 Å². The van der Waals surface area contributed by atoms with Crippen LogP contribution < -0.4 is 10.6 Å². The number of esters is 2. The van der Waals surface area contributed by atoms with E-state index in [1.807, 2.05) is 27.7 Å². The van der Waals surface area contributed by atoms with Crippen LogP contribution >= 0.6 is 0 Å². The molecule has 0 heterocycles. The highest BCUT2D eigenvalue weighted by molar-refractivity contribution is 5.72. The summed E-state index contributed by atoms with van der Waals surface area (Å²) in [5.41, 5.74) is -0.459. The van der Waals surface area contributed by atoms with Crippen molar-refractivity contribution in [3.05, 3.63) is 0 Å². The van der Waals surface area contributed by atoms with Crippen LogP contribution in [0.1, 0.15) is 40.5 Å². The lowest BCUT2D eigenvalue weighted by molar-refractivity contribution is -0.153. The quantitative estimate of drug-likeness (QED) is 0.458. The Balaban J connectivity index is 3.40. The topological polar surface area (TPSA) is 76.7 Å². The van der Waals surface area contributed by atoms with E-state index in [9.17, 15) is 9.59 Å². The molecule has 6 nitrogen and oxygen atoms in total. The van der Waals surface area contributed by atoms with Gasteiger partial charge in [-0.15, -0.1) is 0 Å². The summed E-state index contributed by atoms with van der Waals surface area (Å²) in [6.45, 7) is 9.55. The van der Waals surface area contributed by atoms with Gasteiger partial charge in [0.15, 0.2) is 0 Å². The van der Waals surface area contributed by atoms with Gasteiger partial charge in [0, 0.05) is 13.1 Å². The first-order valence-corrected chi connectivity index (χ1v) is 7.14. The molecule has 6 heteroatoms. The molecule has 0 fully saturated rings. The minimum atomic E-state index is -0.459. The van der Waals surface area contributed by atoms with Gasteiger partial charge in [-0.2, -0.15) is 0 Å². The summed E-state index contributed by atoms with van der Waals surface area (Å²) >= 11 is 0. The van der Waals surface area contributed by atoms with E-state index >= 15 is 0 Å². The number of unbranched alkanes of at least 4 members (excludes halogenated alkanes) is 1. The van der Waals surface area contributed by atoms with Crippen molar-refractivity contribution >= 4 is 11.9 Å². The van der Waals surface area contributed by atoms with Crippen LogP contribution in [0.4, 0.5) is 0 Å². The van der Waals surface area contributed by atoms with Gasteiger partial charge in [0.05, 0.1) is 19.7 Å². The van der Waals surface area contributed by atoms with E-state index < -0.39 is 5.60 Å². The van der Waals surface area contributed by atoms with Crippen molar-refractivity contribution in [1.82, 2.24) is 10.6 Å². The average Bonchev–Trinajstić information content (AvgIpc) is 2.31. The monoisotopic (exact) mass is 288 g/mol. The normalized spacial score (nSPS) is 11.2. The summed E-state index contributed by atoms with van der Waals surface area (Å²) < 4.78 is 10.1. The molecule has 0 spiro atoms.